The average Bonchev–Trinajstić information content (AvgIpc) is 2.02. The Hall–Kier alpha value is -1.11. The zero-order valence-electron chi connectivity index (χ0n) is 6.60. The standard InChI is InChI=1S/C7H4BrF3N2O/c8-2-1-13-5(7(12)14)4(9)3(2)6(10)11/h1,6H,(H2,12,14). The molecule has 76 valence electrons. The van der Waals surface area contributed by atoms with Gasteiger partial charge in [-0.25, -0.2) is 18.2 Å². The van der Waals surface area contributed by atoms with Gasteiger partial charge in [-0.1, -0.05) is 0 Å². The Bertz CT molecular complexity index is 383. The predicted octanol–water partition coefficient (Wildman–Crippen LogP) is 2.02. The van der Waals surface area contributed by atoms with Crippen LogP contribution in [0.15, 0.2) is 10.7 Å². The molecule has 0 radical (unpaired) electrons. The van der Waals surface area contributed by atoms with Crippen LogP contribution in [0.1, 0.15) is 22.5 Å². The number of halogens is 4. The van der Waals surface area contributed by atoms with Crippen molar-refractivity contribution in [2.45, 2.75) is 6.43 Å². The zero-order chi connectivity index (χ0) is 10.9. The van der Waals surface area contributed by atoms with Crippen LogP contribution in [0.4, 0.5) is 13.2 Å². The summed E-state index contributed by atoms with van der Waals surface area (Å²) in [6.07, 6.45) is -2.13. The fourth-order valence-corrected chi connectivity index (χ4v) is 1.30. The summed E-state index contributed by atoms with van der Waals surface area (Å²) in [5, 5.41) is 0. The molecule has 1 amide bonds. The number of nitrogens with zero attached hydrogens (tertiary/aromatic N) is 1. The van der Waals surface area contributed by atoms with Crippen molar-refractivity contribution in [2.75, 3.05) is 0 Å². The van der Waals surface area contributed by atoms with Crippen molar-refractivity contribution in [3.63, 3.8) is 0 Å². The van der Waals surface area contributed by atoms with E-state index < -0.39 is 29.4 Å². The first kappa shape index (κ1) is 11.0. The van der Waals surface area contributed by atoms with Crippen molar-refractivity contribution in [1.29, 1.82) is 0 Å². The van der Waals surface area contributed by atoms with Crippen LogP contribution >= 0.6 is 15.9 Å². The topological polar surface area (TPSA) is 56.0 Å². The summed E-state index contributed by atoms with van der Waals surface area (Å²) >= 11 is 2.70. The Labute approximate surface area is 85.2 Å². The van der Waals surface area contributed by atoms with Gasteiger partial charge in [0.05, 0.1) is 5.56 Å². The van der Waals surface area contributed by atoms with E-state index in [1.807, 2.05) is 0 Å². The molecule has 0 aliphatic carbocycles. The molecule has 0 saturated heterocycles. The van der Waals surface area contributed by atoms with Gasteiger partial charge in [0.2, 0.25) is 0 Å². The minimum atomic E-state index is -3.04. The van der Waals surface area contributed by atoms with Crippen LogP contribution in [-0.2, 0) is 0 Å². The normalized spacial score (nSPS) is 10.6. The van der Waals surface area contributed by atoms with Gasteiger partial charge in [0.1, 0.15) is 0 Å². The van der Waals surface area contributed by atoms with E-state index in [2.05, 4.69) is 20.9 Å². The Kier molecular flexibility index (Phi) is 3.10. The van der Waals surface area contributed by atoms with Crippen molar-refractivity contribution in [1.82, 2.24) is 4.98 Å². The molecular formula is C7H4BrF3N2O. The second kappa shape index (κ2) is 3.95. The number of nitrogens with two attached hydrogens (primary N) is 1. The molecule has 1 rings (SSSR count). The Morgan fingerprint density at radius 2 is 2.14 bits per heavy atom. The lowest BCUT2D eigenvalue weighted by Gasteiger charge is -2.06. The summed E-state index contributed by atoms with van der Waals surface area (Å²) in [5.74, 6) is -2.57. The van der Waals surface area contributed by atoms with Gasteiger partial charge in [-0.05, 0) is 15.9 Å². The van der Waals surface area contributed by atoms with E-state index in [1.54, 1.807) is 0 Å². The van der Waals surface area contributed by atoms with Gasteiger partial charge >= 0.3 is 0 Å². The fourth-order valence-electron chi connectivity index (χ4n) is 0.852. The average molecular weight is 269 g/mol. The van der Waals surface area contributed by atoms with Crippen LogP contribution < -0.4 is 5.73 Å². The summed E-state index contributed by atoms with van der Waals surface area (Å²) in [5.41, 5.74) is 3.04. The third kappa shape index (κ3) is 1.87. The first-order chi connectivity index (χ1) is 6.45. The molecular weight excluding hydrogens is 265 g/mol. The van der Waals surface area contributed by atoms with Gasteiger partial charge in [-0.2, -0.15) is 0 Å². The van der Waals surface area contributed by atoms with Crippen LogP contribution in [0.3, 0.4) is 0 Å². The summed E-state index contributed by atoms with van der Waals surface area (Å²) in [7, 11) is 0. The lowest BCUT2D eigenvalue weighted by molar-refractivity contribution is 0.0989. The van der Waals surface area contributed by atoms with E-state index in [-0.39, 0.29) is 4.47 Å². The van der Waals surface area contributed by atoms with Crippen molar-refractivity contribution in [3.8, 4) is 0 Å². The SMILES string of the molecule is NC(=O)c1ncc(Br)c(C(F)F)c1F. The van der Waals surface area contributed by atoms with E-state index in [9.17, 15) is 18.0 Å². The second-order valence-corrected chi connectivity index (χ2v) is 3.20. The quantitative estimate of drug-likeness (QED) is 0.892. The lowest BCUT2D eigenvalue weighted by Crippen LogP contribution is -2.16. The first-order valence-corrected chi connectivity index (χ1v) is 4.16. The number of hydrogen-bond acceptors (Lipinski definition) is 2. The summed E-state index contributed by atoms with van der Waals surface area (Å²) in [6, 6.07) is 0. The van der Waals surface area contributed by atoms with Crippen LogP contribution in [0.2, 0.25) is 0 Å². The molecule has 0 aromatic carbocycles. The third-order valence-corrected chi connectivity index (χ3v) is 2.09. The van der Waals surface area contributed by atoms with Crippen LogP contribution in [0.25, 0.3) is 0 Å². The number of alkyl halides is 2. The number of carbonyl (C=O) groups is 1. The van der Waals surface area contributed by atoms with Gasteiger partial charge in [0.25, 0.3) is 12.3 Å². The molecule has 14 heavy (non-hydrogen) atoms. The summed E-state index contributed by atoms with van der Waals surface area (Å²) in [4.78, 5) is 13.9. The zero-order valence-corrected chi connectivity index (χ0v) is 8.19. The number of pyridine rings is 1. The highest BCUT2D eigenvalue weighted by molar-refractivity contribution is 9.10. The van der Waals surface area contributed by atoms with Gasteiger partial charge in [0, 0.05) is 10.7 Å². The van der Waals surface area contributed by atoms with Crippen LogP contribution in [0, 0.1) is 5.82 Å². The monoisotopic (exact) mass is 268 g/mol. The molecule has 0 fully saturated rings. The predicted molar refractivity (Wildman–Crippen MR) is 45.4 cm³/mol. The van der Waals surface area contributed by atoms with Crippen LogP contribution in [-0.4, -0.2) is 10.9 Å². The van der Waals surface area contributed by atoms with Gasteiger partial charge < -0.3 is 5.73 Å². The number of amides is 1. The van der Waals surface area contributed by atoms with Crippen molar-refractivity contribution >= 4 is 21.8 Å². The lowest BCUT2D eigenvalue weighted by atomic mass is 10.2. The molecule has 1 heterocycles. The van der Waals surface area contributed by atoms with Crippen molar-refractivity contribution < 1.29 is 18.0 Å². The van der Waals surface area contributed by atoms with E-state index in [1.165, 1.54) is 0 Å². The van der Waals surface area contributed by atoms with Gasteiger partial charge in [-0.15, -0.1) is 0 Å². The molecule has 3 nitrogen and oxygen atoms in total. The smallest absolute Gasteiger partial charge is 0.270 e. The highest BCUT2D eigenvalue weighted by atomic mass is 79.9. The maximum Gasteiger partial charge on any atom is 0.270 e. The number of aromatic nitrogens is 1. The van der Waals surface area contributed by atoms with Gasteiger partial charge in [0.15, 0.2) is 11.5 Å². The van der Waals surface area contributed by atoms with E-state index in [0.29, 0.717) is 0 Å². The molecule has 0 saturated carbocycles. The number of carbonyl (C=O) groups excluding carboxylic acids is 1. The molecule has 0 spiro atoms. The molecule has 2 N–H and O–H groups in total. The molecule has 0 aliphatic rings. The largest absolute Gasteiger partial charge is 0.364 e. The number of hydrogen-bond donors (Lipinski definition) is 1. The van der Waals surface area contributed by atoms with E-state index >= 15 is 0 Å². The molecule has 0 bridgehead atoms. The van der Waals surface area contributed by atoms with E-state index in [4.69, 9.17) is 5.73 Å². The second-order valence-electron chi connectivity index (χ2n) is 2.35. The molecule has 7 heteroatoms. The summed E-state index contributed by atoms with van der Waals surface area (Å²) < 4.78 is 37.5. The molecule has 1 aromatic rings. The van der Waals surface area contributed by atoms with Gasteiger partial charge in [-0.3, -0.25) is 4.79 Å². The first-order valence-electron chi connectivity index (χ1n) is 3.37. The number of primary amides is 1. The molecule has 1 aromatic heterocycles. The highest BCUT2D eigenvalue weighted by Gasteiger charge is 2.23. The summed E-state index contributed by atoms with van der Waals surface area (Å²) in [6.45, 7) is 0. The third-order valence-electron chi connectivity index (χ3n) is 1.46. The Morgan fingerprint density at radius 3 is 2.57 bits per heavy atom. The number of rotatable bonds is 2. The Morgan fingerprint density at radius 1 is 1.57 bits per heavy atom. The minimum absolute atomic E-state index is 0.199. The molecule has 0 atom stereocenters. The van der Waals surface area contributed by atoms with Crippen molar-refractivity contribution in [2.24, 2.45) is 5.73 Å². The van der Waals surface area contributed by atoms with Crippen LogP contribution in [0.5, 0.6) is 0 Å². The maximum atomic E-state index is 13.2. The minimum Gasteiger partial charge on any atom is -0.364 e. The van der Waals surface area contributed by atoms with Crippen molar-refractivity contribution in [3.05, 3.63) is 27.7 Å². The maximum absolute atomic E-state index is 13.2. The Balaban J connectivity index is 3.41. The van der Waals surface area contributed by atoms with E-state index in [0.717, 1.165) is 6.20 Å². The molecule has 0 unspecified atom stereocenters. The highest BCUT2D eigenvalue weighted by Crippen LogP contribution is 2.30. The molecule has 0 aliphatic heterocycles. The fraction of sp³-hybridized carbons (Fsp3) is 0.143.